The summed E-state index contributed by atoms with van der Waals surface area (Å²) in [5.41, 5.74) is 0.108. The number of hydrogen-bond acceptors (Lipinski definition) is 2. The van der Waals surface area contributed by atoms with E-state index in [0.29, 0.717) is 6.42 Å². The van der Waals surface area contributed by atoms with Crippen LogP contribution in [0.5, 0.6) is 0 Å². The number of nitrogens with zero attached hydrogens (tertiary/aromatic N) is 2. The average Bonchev–Trinajstić information content (AvgIpc) is 2.28. The zero-order chi connectivity index (χ0) is 12.9. The van der Waals surface area contributed by atoms with Gasteiger partial charge in [-0.2, -0.15) is 0 Å². The summed E-state index contributed by atoms with van der Waals surface area (Å²) >= 11 is 0. The van der Waals surface area contributed by atoms with Crippen molar-refractivity contribution in [3.8, 4) is 0 Å². The largest absolute Gasteiger partial charge is 0.339 e. The normalized spacial score (nSPS) is 21.1. The lowest BCUT2D eigenvalue weighted by atomic mass is 9.98. The maximum atomic E-state index is 12.0. The molecule has 0 aromatic rings. The number of allylic oxidation sites excluding steroid dienone is 1. The fourth-order valence-electron chi connectivity index (χ4n) is 2.47. The number of piperazine rings is 1. The van der Waals surface area contributed by atoms with Crippen LogP contribution in [0.25, 0.3) is 0 Å². The topological polar surface area (TPSA) is 23.6 Å². The van der Waals surface area contributed by atoms with Gasteiger partial charge in [-0.1, -0.05) is 26.0 Å². The fraction of sp³-hybridized carbons (Fsp3) is 0.786. The molecule has 0 unspecified atom stereocenters. The van der Waals surface area contributed by atoms with E-state index in [1.54, 1.807) is 0 Å². The molecule has 1 heterocycles. The molecule has 0 radical (unpaired) electrons. The van der Waals surface area contributed by atoms with Crippen molar-refractivity contribution in [2.45, 2.75) is 46.1 Å². The maximum absolute atomic E-state index is 12.0. The van der Waals surface area contributed by atoms with Gasteiger partial charge in [-0.15, -0.1) is 0 Å². The highest BCUT2D eigenvalue weighted by molar-refractivity contribution is 5.77. The molecule has 0 atom stereocenters. The molecular formula is C14H26N2O. The predicted octanol–water partition coefficient (Wildman–Crippen LogP) is 2.29. The van der Waals surface area contributed by atoms with Gasteiger partial charge in [0.15, 0.2) is 0 Å². The molecule has 1 amide bonds. The summed E-state index contributed by atoms with van der Waals surface area (Å²) in [4.78, 5) is 16.5. The van der Waals surface area contributed by atoms with E-state index in [0.717, 1.165) is 32.6 Å². The third-order valence-corrected chi connectivity index (χ3v) is 3.50. The first-order valence-electron chi connectivity index (χ1n) is 6.69. The van der Waals surface area contributed by atoms with E-state index in [-0.39, 0.29) is 11.4 Å². The van der Waals surface area contributed by atoms with Crippen LogP contribution in [0.4, 0.5) is 0 Å². The van der Waals surface area contributed by atoms with Gasteiger partial charge in [0, 0.05) is 31.6 Å². The van der Waals surface area contributed by atoms with E-state index in [1.807, 2.05) is 11.0 Å². The van der Waals surface area contributed by atoms with E-state index in [4.69, 9.17) is 0 Å². The van der Waals surface area contributed by atoms with Crippen molar-refractivity contribution in [2.24, 2.45) is 0 Å². The summed E-state index contributed by atoms with van der Waals surface area (Å²) in [6.07, 6.45) is 5.60. The van der Waals surface area contributed by atoms with E-state index >= 15 is 0 Å². The Bertz CT molecular complexity index is 284. The summed E-state index contributed by atoms with van der Waals surface area (Å²) in [5.74, 6) is 0.263. The molecule has 3 nitrogen and oxygen atoms in total. The average molecular weight is 238 g/mol. The maximum Gasteiger partial charge on any atom is 0.226 e. The number of carbonyl (C=O) groups is 1. The van der Waals surface area contributed by atoms with E-state index in [2.05, 4.69) is 38.7 Å². The Morgan fingerprint density at radius 3 is 2.47 bits per heavy atom. The van der Waals surface area contributed by atoms with Gasteiger partial charge >= 0.3 is 0 Å². The van der Waals surface area contributed by atoms with Crippen LogP contribution in [-0.4, -0.2) is 47.4 Å². The number of hydrogen-bond donors (Lipinski definition) is 0. The SMILES string of the molecule is CCC=CCC(=O)N1CCN(CC)C(C)(C)C1. The monoisotopic (exact) mass is 238 g/mol. The molecule has 0 bridgehead atoms. The summed E-state index contributed by atoms with van der Waals surface area (Å²) in [7, 11) is 0. The molecule has 0 spiro atoms. The second-order valence-electron chi connectivity index (χ2n) is 5.29. The molecule has 17 heavy (non-hydrogen) atoms. The van der Waals surface area contributed by atoms with Crippen molar-refractivity contribution in [3.63, 3.8) is 0 Å². The Morgan fingerprint density at radius 1 is 1.24 bits per heavy atom. The lowest BCUT2D eigenvalue weighted by Crippen LogP contribution is -2.60. The predicted molar refractivity (Wildman–Crippen MR) is 72.0 cm³/mol. The molecule has 1 fully saturated rings. The standard InChI is InChI=1S/C14H26N2O/c1-5-7-8-9-13(17)15-10-11-16(6-2)14(3,4)12-15/h7-8H,5-6,9-12H2,1-4H3. The first kappa shape index (κ1) is 14.2. The van der Waals surface area contributed by atoms with Crippen molar-refractivity contribution < 1.29 is 4.79 Å². The zero-order valence-corrected chi connectivity index (χ0v) is 11.7. The lowest BCUT2D eigenvalue weighted by molar-refractivity contribution is -0.135. The Labute approximate surface area is 105 Å². The number of rotatable bonds is 4. The summed E-state index contributed by atoms with van der Waals surface area (Å²) < 4.78 is 0. The molecule has 1 saturated heterocycles. The second kappa shape index (κ2) is 6.20. The van der Waals surface area contributed by atoms with Crippen LogP contribution in [0.1, 0.15) is 40.5 Å². The van der Waals surface area contributed by atoms with E-state index in [9.17, 15) is 4.79 Å². The molecule has 0 aliphatic carbocycles. The van der Waals surface area contributed by atoms with Gasteiger partial charge in [-0.25, -0.2) is 0 Å². The van der Waals surface area contributed by atoms with Crippen LogP contribution in [0.3, 0.4) is 0 Å². The highest BCUT2D eigenvalue weighted by Gasteiger charge is 2.33. The molecule has 3 heteroatoms. The Hall–Kier alpha value is -0.830. The van der Waals surface area contributed by atoms with E-state index in [1.165, 1.54) is 0 Å². The van der Waals surface area contributed by atoms with Crippen LogP contribution in [0.15, 0.2) is 12.2 Å². The minimum Gasteiger partial charge on any atom is -0.339 e. The first-order valence-corrected chi connectivity index (χ1v) is 6.69. The van der Waals surface area contributed by atoms with Crippen molar-refractivity contribution in [1.82, 2.24) is 9.80 Å². The van der Waals surface area contributed by atoms with Crippen LogP contribution in [0, 0.1) is 0 Å². The lowest BCUT2D eigenvalue weighted by Gasteiger charge is -2.46. The fourth-order valence-corrected chi connectivity index (χ4v) is 2.47. The van der Waals surface area contributed by atoms with Crippen LogP contribution in [0.2, 0.25) is 0 Å². The summed E-state index contributed by atoms with van der Waals surface area (Å²) in [6, 6.07) is 0. The Morgan fingerprint density at radius 2 is 1.94 bits per heavy atom. The summed E-state index contributed by atoms with van der Waals surface area (Å²) in [6.45, 7) is 12.5. The van der Waals surface area contributed by atoms with Crippen molar-refractivity contribution in [3.05, 3.63) is 12.2 Å². The second-order valence-corrected chi connectivity index (χ2v) is 5.29. The van der Waals surface area contributed by atoms with Crippen LogP contribution in [-0.2, 0) is 4.79 Å². The smallest absolute Gasteiger partial charge is 0.226 e. The molecule has 0 saturated carbocycles. The number of carbonyl (C=O) groups excluding carboxylic acids is 1. The molecule has 0 aromatic heterocycles. The molecule has 0 N–H and O–H groups in total. The van der Waals surface area contributed by atoms with E-state index < -0.39 is 0 Å². The van der Waals surface area contributed by atoms with Gasteiger partial charge < -0.3 is 4.90 Å². The van der Waals surface area contributed by atoms with Crippen molar-refractivity contribution >= 4 is 5.91 Å². The number of likely N-dealkylation sites (N-methyl/N-ethyl adjacent to an activating group) is 1. The van der Waals surface area contributed by atoms with Gasteiger partial charge in [0.05, 0.1) is 0 Å². The Kier molecular flexibility index (Phi) is 5.19. The minimum atomic E-state index is 0.108. The molecule has 1 rings (SSSR count). The van der Waals surface area contributed by atoms with Crippen LogP contribution < -0.4 is 0 Å². The summed E-state index contributed by atoms with van der Waals surface area (Å²) in [5, 5.41) is 0. The third-order valence-electron chi connectivity index (χ3n) is 3.50. The zero-order valence-electron chi connectivity index (χ0n) is 11.7. The quantitative estimate of drug-likeness (QED) is 0.702. The minimum absolute atomic E-state index is 0.108. The highest BCUT2D eigenvalue weighted by Crippen LogP contribution is 2.20. The van der Waals surface area contributed by atoms with Gasteiger partial charge in [0.2, 0.25) is 5.91 Å². The molecule has 98 valence electrons. The third kappa shape index (κ3) is 3.84. The van der Waals surface area contributed by atoms with Gasteiger partial charge in [0.1, 0.15) is 0 Å². The molecular weight excluding hydrogens is 212 g/mol. The molecule has 1 aliphatic heterocycles. The molecule has 1 aliphatic rings. The van der Waals surface area contributed by atoms with Crippen molar-refractivity contribution in [2.75, 3.05) is 26.2 Å². The first-order chi connectivity index (χ1) is 8.01. The van der Waals surface area contributed by atoms with Gasteiger partial charge in [-0.3, -0.25) is 9.69 Å². The van der Waals surface area contributed by atoms with Gasteiger partial charge in [0.25, 0.3) is 0 Å². The molecule has 0 aromatic carbocycles. The number of amides is 1. The highest BCUT2D eigenvalue weighted by atomic mass is 16.2. The van der Waals surface area contributed by atoms with Gasteiger partial charge in [-0.05, 0) is 26.8 Å². The van der Waals surface area contributed by atoms with Crippen LogP contribution >= 0.6 is 0 Å². The van der Waals surface area contributed by atoms with Crippen molar-refractivity contribution in [1.29, 1.82) is 0 Å². The Balaban J connectivity index is 2.52.